The van der Waals surface area contributed by atoms with Gasteiger partial charge in [0.25, 0.3) is 0 Å². The standard InChI is InChI=1S/C12H24N2O/c1-10(2)11(15)13-12(3,4)8-7-9-14(5)6/h1,7-9H2,2-6H3,(H,13,15). The highest BCUT2D eigenvalue weighted by Gasteiger charge is 2.19. The third kappa shape index (κ3) is 7.14. The zero-order chi connectivity index (χ0) is 12.1. The third-order valence-corrected chi connectivity index (χ3v) is 2.25. The van der Waals surface area contributed by atoms with Gasteiger partial charge in [0.05, 0.1) is 0 Å². The zero-order valence-corrected chi connectivity index (χ0v) is 10.7. The summed E-state index contributed by atoms with van der Waals surface area (Å²) in [6.45, 7) is 10.5. The molecule has 0 saturated heterocycles. The molecule has 1 N–H and O–H groups in total. The maximum Gasteiger partial charge on any atom is 0.246 e. The molecule has 0 bridgehead atoms. The highest BCUT2D eigenvalue weighted by Crippen LogP contribution is 2.12. The minimum atomic E-state index is -0.147. The second kappa shape index (κ2) is 5.91. The summed E-state index contributed by atoms with van der Waals surface area (Å²) in [4.78, 5) is 13.6. The number of nitrogens with zero attached hydrogens (tertiary/aromatic N) is 1. The Labute approximate surface area is 93.5 Å². The molecule has 1 amide bonds. The van der Waals surface area contributed by atoms with Crippen molar-refractivity contribution >= 4 is 5.91 Å². The summed E-state index contributed by atoms with van der Waals surface area (Å²) in [7, 11) is 4.11. The van der Waals surface area contributed by atoms with Crippen LogP contribution in [0.5, 0.6) is 0 Å². The highest BCUT2D eigenvalue weighted by molar-refractivity contribution is 5.92. The van der Waals surface area contributed by atoms with E-state index in [4.69, 9.17) is 0 Å². The number of rotatable bonds is 6. The van der Waals surface area contributed by atoms with Crippen molar-refractivity contribution < 1.29 is 4.79 Å². The first-order chi connectivity index (χ1) is 6.74. The van der Waals surface area contributed by atoms with Gasteiger partial charge in [-0.25, -0.2) is 0 Å². The monoisotopic (exact) mass is 212 g/mol. The first kappa shape index (κ1) is 14.2. The number of carbonyl (C=O) groups is 1. The molecule has 0 aliphatic heterocycles. The Morgan fingerprint density at radius 1 is 1.40 bits per heavy atom. The minimum Gasteiger partial charge on any atom is -0.347 e. The van der Waals surface area contributed by atoms with Gasteiger partial charge >= 0.3 is 0 Å². The molecule has 0 aromatic heterocycles. The van der Waals surface area contributed by atoms with Crippen LogP contribution in [-0.4, -0.2) is 37.0 Å². The van der Waals surface area contributed by atoms with Gasteiger partial charge < -0.3 is 10.2 Å². The fraction of sp³-hybridized carbons (Fsp3) is 0.750. The number of hydrogen-bond donors (Lipinski definition) is 1. The predicted octanol–water partition coefficient (Wildman–Crippen LogP) is 1.80. The van der Waals surface area contributed by atoms with Crippen LogP contribution in [0, 0.1) is 0 Å². The van der Waals surface area contributed by atoms with Crippen LogP contribution >= 0.6 is 0 Å². The smallest absolute Gasteiger partial charge is 0.246 e. The van der Waals surface area contributed by atoms with E-state index < -0.39 is 0 Å². The first-order valence-electron chi connectivity index (χ1n) is 5.37. The van der Waals surface area contributed by atoms with Gasteiger partial charge in [0, 0.05) is 11.1 Å². The molecular weight excluding hydrogens is 188 g/mol. The van der Waals surface area contributed by atoms with Crippen LogP contribution in [0.15, 0.2) is 12.2 Å². The fourth-order valence-corrected chi connectivity index (χ4v) is 1.31. The molecule has 0 spiro atoms. The van der Waals surface area contributed by atoms with Crippen molar-refractivity contribution in [1.29, 1.82) is 0 Å². The lowest BCUT2D eigenvalue weighted by Gasteiger charge is -2.27. The second-order valence-electron chi connectivity index (χ2n) is 5.03. The van der Waals surface area contributed by atoms with Crippen molar-refractivity contribution in [3.63, 3.8) is 0 Å². The summed E-state index contributed by atoms with van der Waals surface area (Å²) in [5.74, 6) is -0.0511. The van der Waals surface area contributed by atoms with Crippen molar-refractivity contribution in [1.82, 2.24) is 10.2 Å². The normalized spacial score (nSPS) is 11.6. The number of carbonyl (C=O) groups excluding carboxylic acids is 1. The van der Waals surface area contributed by atoms with E-state index in [0.29, 0.717) is 5.57 Å². The summed E-state index contributed by atoms with van der Waals surface area (Å²) in [6.07, 6.45) is 2.06. The SMILES string of the molecule is C=C(C)C(=O)NC(C)(C)CCCN(C)C. The summed E-state index contributed by atoms with van der Waals surface area (Å²) >= 11 is 0. The molecule has 0 fully saturated rings. The first-order valence-corrected chi connectivity index (χ1v) is 5.37. The van der Waals surface area contributed by atoms with Gasteiger partial charge in [0.2, 0.25) is 5.91 Å². The lowest BCUT2D eigenvalue weighted by molar-refractivity contribution is -0.119. The van der Waals surface area contributed by atoms with E-state index >= 15 is 0 Å². The quantitative estimate of drug-likeness (QED) is 0.681. The Bertz CT molecular complexity index is 232. The lowest BCUT2D eigenvalue weighted by Crippen LogP contribution is -2.44. The van der Waals surface area contributed by atoms with Crippen LogP contribution in [-0.2, 0) is 4.79 Å². The highest BCUT2D eigenvalue weighted by atomic mass is 16.1. The Kier molecular flexibility index (Phi) is 5.58. The average Bonchev–Trinajstić information content (AvgIpc) is 2.01. The molecule has 0 aromatic carbocycles. The molecule has 88 valence electrons. The largest absolute Gasteiger partial charge is 0.347 e. The molecule has 0 aliphatic rings. The molecule has 0 rings (SSSR count). The van der Waals surface area contributed by atoms with Gasteiger partial charge in [0.15, 0.2) is 0 Å². The van der Waals surface area contributed by atoms with Crippen LogP contribution < -0.4 is 5.32 Å². The molecule has 3 nitrogen and oxygen atoms in total. The molecule has 0 aromatic rings. The van der Waals surface area contributed by atoms with Crippen molar-refractivity contribution in [2.24, 2.45) is 0 Å². The van der Waals surface area contributed by atoms with E-state index in [-0.39, 0.29) is 11.4 Å². The van der Waals surface area contributed by atoms with Crippen LogP contribution in [0.3, 0.4) is 0 Å². The summed E-state index contributed by atoms with van der Waals surface area (Å²) in [5, 5.41) is 2.97. The summed E-state index contributed by atoms with van der Waals surface area (Å²) in [5.41, 5.74) is 0.419. The zero-order valence-electron chi connectivity index (χ0n) is 10.7. The molecule has 0 heterocycles. The second-order valence-corrected chi connectivity index (χ2v) is 5.03. The van der Waals surface area contributed by atoms with Crippen LogP contribution in [0.1, 0.15) is 33.6 Å². The Morgan fingerprint density at radius 2 is 1.93 bits per heavy atom. The lowest BCUT2D eigenvalue weighted by atomic mass is 9.98. The fourth-order valence-electron chi connectivity index (χ4n) is 1.31. The number of amides is 1. The van der Waals surface area contributed by atoms with E-state index in [1.165, 1.54) is 0 Å². The maximum absolute atomic E-state index is 11.4. The van der Waals surface area contributed by atoms with Gasteiger partial charge in [0.1, 0.15) is 0 Å². The Hall–Kier alpha value is -0.830. The molecular formula is C12H24N2O. The topological polar surface area (TPSA) is 32.3 Å². The van der Waals surface area contributed by atoms with Gasteiger partial charge in [-0.15, -0.1) is 0 Å². The van der Waals surface area contributed by atoms with Gasteiger partial charge in [-0.2, -0.15) is 0 Å². The van der Waals surface area contributed by atoms with E-state index in [1.807, 2.05) is 13.8 Å². The molecule has 0 saturated carbocycles. The van der Waals surface area contributed by atoms with Crippen molar-refractivity contribution in [3.05, 3.63) is 12.2 Å². The maximum atomic E-state index is 11.4. The van der Waals surface area contributed by atoms with Crippen LogP contribution in [0.25, 0.3) is 0 Å². The Morgan fingerprint density at radius 3 is 2.33 bits per heavy atom. The number of nitrogens with one attached hydrogen (secondary N) is 1. The molecule has 15 heavy (non-hydrogen) atoms. The summed E-state index contributed by atoms with van der Waals surface area (Å²) < 4.78 is 0. The number of hydrogen-bond acceptors (Lipinski definition) is 2. The summed E-state index contributed by atoms with van der Waals surface area (Å²) in [6, 6.07) is 0. The molecule has 0 radical (unpaired) electrons. The van der Waals surface area contributed by atoms with E-state index in [2.05, 4.69) is 30.9 Å². The molecule has 0 unspecified atom stereocenters. The third-order valence-electron chi connectivity index (χ3n) is 2.25. The van der Waals surface area contributed by atoms with Gasteiger partial charge in [-0.1, -0.05) is 6.58 Å². The van der Waals surface area contributed by atoms with Crippen molar-refractivity contribution in [2.45, 2.75) is 39.2 Å². The minimum absolute atomic E-state index is 0.0511. The molecule has 0 aliphatic carbocycles. The van der Waals surface area contributed by atoms with Crippen molar-refractivity contribution in [3.8, 4) is 0 Å². The average molecular weight is 212 g/mol. The van der Waals surface area contributed by atoms with E-state index in [1.54, 1.807) is 6.92 Å². The molecule has 3 heteroatoms. The molecule has 0 atom stereocenters. The van der Waals surface area contributed by atoms with E-state index in [0.717, 1.165) is 19.4 Å². The Balaban J connectivity index is 3.96. The van der Waals surface area contributed by atoms with Gasteiger partial charge in [-0.3, -0.25) is 4.79 Å². The van der Waals surface area contributed by atoms with Crippen molar-refractivity contribution in [2.75, 3.05) is 20.6 Å². The van der Waals surface area contributed by atoms with E-state index in [9.17, 15) is 4.79 Å². The van der Waals surface area contributed by atoms with Crippen LogP contribution in [0.4, 0.5) is 0 Å². The predicted molar refractivity (Wildman–Crippen MR) is 64.8 cm³/mol. The van der Waals surface area contributed by atoms with Gasteiger partial charge in [-0.05, 0) is 54.3 Å². The van der Waals surface area contributed by atoms with Crippen LogP contribution in [0.2, 0.25) is 0 Å².